The number of aryl methyl sites for hydroxylation is 2. The molecule has 0 aliphatic carbocycles. The highest BCUT2D eigenvalue weighted by Gasteiger charge is 2.18. The van der Waals surface area contributed by atoms with Crippen molar-refractivity contribution < 1.29 is 18.7 Å². The number of amides is 1. The zero-order valence-corrected chi connectivity index (χ0v) is 17.7. The number of carbonyl (C=O) groups excluding carboxylic acids is 2. The zero-order valence-electron chi connectivity index (χ0n) is 16.9. The maximum Gasteiger partial charge on any atom is 0.341 e. The number of hydrogen-bond donors (Lipinski definition) is 1. The lowest BCUT2D eigenvalue weighted by molar-refractivity contribution is 0.0598. The van der Waals surface area contributed by atoms with Gasteiger partial charge in [0.1, 0.15) is 21.9 Å². The highest BCUT2D eigenvalue weighted by atomic mass is 32.1. The SMILES string of the molecule is COC(=O)c1cc(CNC(=O)c2cc3c(C)nn(Cc4ccccc4)c3s2)oc1C. The molecule has 0 aliphatic heterocycles. The monoisotopic (exact) mass is 423 g/mol. The molecule has 154 valence electrons. The number of nitrogens with one attached hydrogen (secondary N) is 1. The van der Waals surface area contributed by atoms with Gasteiger partial charge in [0.05, 0.1) is 30.8 Å². The molecule has 3 aromatic heterocycles. The van der Waals surface area contributed by atoms with E-state index in [0.29, 0.717) is 28.5 Å². The number of thiophene rings is 1. The topological polar surface area (TPSA) is 86.4 Å². The van der Waals surface area contributed by atoms with Crippen LogP contribution in [-0.4, -0.2) is 28.8 Å². The van der Waals surface area contributed by atoms with Gasteiger partial charge in [0.2, 0.25) is 0 Å². The molecule has 3 heterocycles. The fraction of sp³-hybridized carbons (Fsp3) is 0.227. The van der Waals surface area contributed by atoms with Crippen molar-refractivity contribution in [1.29, 1.82) is 0 Å². The Labute approximate surface area is 177 Å². The second-order valence-corrected chi connectivity index (χ2v) is 7.95. The molecule has 1 N–H and O–H groups in total. The smallest absolute Gasteiger partial charge is 0.341 e. The van der Waals surface area contributed by atoms with Crippen molar-refractivity contribution in [3.05, 3.63) is 75.7 Å². The average Bonchev–Trinajstić information content (AvgIpc) is 3.42. The van der Waals surface area contributed by atoms with Gasteiger partial charge >= 0.3 is 5.97 Å². The second-order valence-electron chi connectivity index (χ2n) is 6.91. The summed E-state index contributed by atoms with van der Waals surface area (Å²) in [5.41, 5.74) is 2.40. The van der Waals surface area contributed by atoms with Crippen LogP contribution in [0.25, 0.3) is 10.2 Å². The molecule has 0 radical (unpaired) electrons. The first-order valence-corrected chi connectivity index (χ1v) is 10.2. The molecule has 0 unspecified atom stereocenters. The quantitative estimate of drug-likeness (QED) is 0.473. The summed E-state index contributed by atoms with van der Waals surface area (Å²) in [6.45, 7) is 4.46. The largest absolute Gasteiger partial charge is 0.465 e. The number of benzene rings is 1. The molecule has 0 fully saturated rings. The van der Waals surface area contributed by atoms with Crippen molar-refractivity contribution in [2.75, 3.05) is 7.11 Å². The molecule has 0 bridgehead atoms. The van der Waals surface area contributed by atoms with Crippen molar-refractivity contribution >= 4 is 33.4 Å². The first-order valence-electron chi connectivity index (χ1n) is 9.43. The third kappa shape index (κ3) is 3.86. The number of hydrogen-bond acceptors (Lipinski definition) is 6. The van der Waals surface area contributed by atoms with Gasteiger partial charge in [-0.15, -0.1) is 11.3 Å². The molecule has 30 heavy (non-hydrogen) atoms. The van der Waals surface area contributed by atoms with Crippen LogP contribution in [0.4, 0.5) is 0 Å². The second kappa shape index (κ2) is 8.16. The van der Waals surface area contributed by atoms with Crippen LogP contribution in [0.5, 0.6) is 0 Å². The summed E-state index contributed by atoms with van der Waals surface area (Å²) in [5.74, 6) is 0.297. The van der Waals surface area contributed by atoms with Gasteiger partial charge in [-0.25, -0.2) is 4.79 Å². The van der Waals surface area contributed by atoms with E-state index in [2.05, 4.69) is 22.5 Å². The van der Waals surface area contributed by atoms with Crippen LogP contribution < -0.4 is 5.32 Å². The molecule has 7 nitrogen and oxygen atoms in total. The number of nitrogens with zero attached hydrogens (tertiary/aromatic N) is 2. The van der Waals surface area contributed by atoms with E-state index >= 15 is 0 Å². The Morgan fingerprint density at radius 3 is 2.70 bits per heavy atom. The summed E-state index contributed by atoms with van der Waals surface area (Å²) < 4.78 is 12.2. The summed E-state index contributed by atoms with van der Waals surface area (Å²) in [6, 6.07) is 13.5. The van der Waals surface area contributed by atoms with Gasteiger partial charge in [-0.05, 0) is 31.5 Å². The number of carbonyl (C=O) groups is 2. The molecule has 1 aromatic carbocycles. The number of furan rings is 1. The first kappa shape index (κ1) is 19.9. The maximum absolute atomic E-state index is 12.7. The van der Waals surface area contributed by atoms with Crippen LogP contribution in [0.3, 0.4) is 0 Å². The van der Waals surface area contributed by atoms with E-state index in [9.17, 15) is 9.59 Å². The summed E-state index contributed by atoms with van der Waals surface area (Å²) in [6.07, 6.45) is 0. The summed E-state index contributed by atoms with van der Waals surface area (Å²) in [5, 5.41) is 8.44. The summed E-state index contributed by atoms with van der Waals surface area (Å²) in [7, 11) is 1.32. The number of esters is 1. The number of rotatable bonds is 6. The van der Waals surface area contributed by atoms with Gasteiger partial charge in [-0.2, -0.15) is 5.10 Å². The van der Waals surface area contributed by atoms with E-state index in [1.165, 1.54) is 18.4 Å². The Morgan fingerprint density at radius 1 is 1.20 bits per heavy atom. The highest BCUT2D eigenvalue weighted by Crippen LogP contribution is 2.29. The molecule has 0 saturated carbocycles. The summed E-state index contributed by atoms with van der Waals surface area (Å²) >= 11 is 1.41. The minimum Gasteiger partial charge on any atom is -0.465 e. The number of methoxy groups -OCH3 is 1. The Balaban J connectivity index is 1.50. The van der Waals surface area contributed by atoms with Crippen LogP contribution in [-0.2, 0) is 17.8 Å². The molecule has 0 aliphatic rings. The van der Waals surface area contributed by atoms with Crippen LogP contribution in [0.15, 0.2) is 46.9 Å². The lowest BCUT2D eigenvalue weighted by Gasteiger charge is -2.03. The lowest BCUT2D eigenvalue weighted by Crippen LogP contribution is -2.21. The standard InChI is InChI=1S/C22H21N3O4S/c1-13-17-10-19(30-21(17)25(24-13)12-15-7-5-4-6-8-15)20(26)23-11-16-9-18(14(2)29-16)22(27)28-3/h4-10H,11-12H2,1-3H3,(H,23,26). The highest BCUT2D eigenvalue weighted by molar-refractivity contribution is 7.20. The Kier molecular flexibility index (Phi) is 5.41. The molecule has 0 atom stereocenters. The number of ether oxygens (including phenoxy) is 1. The Hall–Kier alpha value is -3.39. The number of fused-ring (bicyclic) bond motifs is 1. The van der Waals surface area contributed by atoms with E-state index in [1.807, 2.05) is 35.9 Å². The fourth-order valence-electron chi connectivity index (χ4n) is 3.29. The predicted octanol–water partition coefficient (Wildman–Crippen LogP) is 4.07. The van der Waals surface area contributed by atoms with Crippen molar-refractivity contribution in [1.82, 2.24) is 15.1 Å². The molecular weight excluding hydrogens is 402 g/mol. The Morgan fingerprint density at radius 2 is 1.97 bits per heavy atom. The normalized spacial score (nSPS) is 11.0. The minimum atomic E-state index is -0.461. The van der Waals surface area contributed by atoms with Gasteiger partial charge in [0.25, 0.3) is 5.91 Å². The third-order valence-corrected chi connectivity index (χ3v) is 5.95. The van der Waals surface area contributed by atoms with E-state index in [0.717, 1.165) is 21.5 Å². The minimum absolute atomic E-state index is 0.181. The molecule has 0 spiro atoms. The lowest BCUT2D eigenvalue weighted by atomic mass is 10.2. The fourth-order valence-corrected chi connectivity index (χ4v) is 4.36. The third-order valence-electron chi connectivity index (χ3n) is 4.80. The molecule has 4 aromatic rings. The molecular formula is C22H21N3O4S. The van der Waals surface area contributed by atoms with Gasteiger partial charge in [-0.3, -0.25) is 9.48 Å². The van der Waals surface area contributed by atoms with E-state index < -0.39 is 5.97 Å². The van der Waals surface area contributed by atoms with Gasteiger partial charge in [-0.1, -0.05) is 30.3 Å². The molecule has 1 amide bonds. The van der Waals surface area contributed by atoms with Gasteiger partial charge in [0.15, 0.2) is 0 Å². The van der Waals surface area contributed by atoms with Crippen molar-refractivity contribution in [2.24, 2.45) is 0 Å². The van der Waals surface area contributed by atoms with E-state index in [4.69, 9.17) is 9.15 Å². The maximum atomic E-state index is 12.7. The van der Waals surface area contributed by atoms with Gasteiger partial charge < -0.3 is 14.5 Å². The van der Waals surface area contributed by atoms with Crippen LogP contribution >= 0.6 is 11.3 Å². The first-order chi connectivity index (χ1) is 14.5. The van der Waals surface area contributed by atoms with Crippen molar-refractivity contribution in [2.45, 2.75) is 26.9 Å². The van der Waals surface area contributed by atoms with Crippen molar-refractivity contribution in [3.63, 3.8) is 0 Å². The summed E-state index contributed by atoms with van der Waals surface area (Å²) in [4.78, 5) is 25.9. The molecule has 8 heteroatoms. The predicted molar refractivity (Wildman–Crippen MR) is 114 cm³/mol. The number of aromatic nitrogens is 2. The Bertz CT molecular complexity index is 1220. The van der Waals surface area contributed by atoms with Gasteiger partial charge in [0, 0.05) is 5.39 Å². The van der Waals surface area contributed by atoms with E-state index in [-0.39, 0.29) is 12.5 Å². The van der Waals surface area contributed by atoms with Crippen LogP contribution in [0, 0.1) is 13.8 Å². The van der Waals surface area contributed by atoms with Crippen LogP contribution in [0.2, 0.25) is 0 Å². The molecule has 4 rings (SSSR count). The zero-order chi connectivity index (χ0) is 21.3. The van der Waals surface area contributed by atoms with Crippen LogP contribution in [0.1, 0.15) is 42.8 Å². The average molecular weight is 423 g/mol. The van der Waals surface area contributed by atoms with Crippen molar-refractivity contribution in [3.8, 4) is 0 Å². The van der Waals surface area contributed by atoms with E-state index in [1.54, 1.807) is 13.0 Å². The molecule has 0 saturated heterocycles.